The highest BCUT2D eigenvalue weighted by atomic mass is 19.1. The Labute approximate surface area is 148 Å². The van der Waals surface area contributed by atoms with Crippen molar-refractivity contribution in [3.05, 3.63) is 30.1 Å². The minimum atomic E-state index is -0.588. The number of hydrogen-bond donors (Lipinski definition) is 0. The molecule has 0 unspecified atom stereocenters. The molecule has 1 fully saturated rings. The summed E-state index contributed by atoms with van der Waals surface area (Å²) in [6.07, 6.45) is -0.509. The molecule has 0 radical (unpaired) electrons. The van der Waals surface area contributed by atoms with Gasteiger partial charge >= 0.3 is 6.09 Å². The van der Waals surface area contributed by atoms with E-state index in [1.165, 1.54) is 17.0 Å². The maximum Gasteiger partial charge on any atom is 0.410 e. The lowest BCUT2D eigenvalue weighted by atomic mass is 10.2. The van der Waals surface area contributed by atoms with E-state index in [-0.39, 0.29) is 18.3 Å². The van der Waals surface area contributed by atoms with Crippen LogP contribution < -0.4 is 4.90 Å². The summed E-state index contributed by atoms with van der Waals surface area (Å²) in [5, 5.41) is 0. The number of amides is 2. The van der Waals surface area contributed by atoms with E-state index >= 15 is 0 Å². The number of hydrogen-bond acceptors (Lipinski definition) is 4. The van der Waals surface area contributed by atoms with Crippen molar-refractivity contribution in [2.75, 3.05) is 44.7 Å². The summed E-state index contributed by atoms with van der Waals surface area (Å²) in [5.74, 6) is -0.366. The second-order valence-corrected chi connectivity index (χ2v) is 7.18. The summed E-state index contributed by atoms with van der Waals surface area (Å²) >= 11 is 0. The van der Waals surface area contributed by atoms with Gasteiger partial charge in [0.05, 0.1) is 0 Å². The van der Waals surface area contributed by atoms with Gasteiger partial charge in [-0.25, -0.2) is 9.18 Å². The van der Waals surface area contributed by atoms with Crippen molar-refractivity contribution in [2.24, 2.45) is 0 Å². The van der Waals surface area contributed by atoms with Gasteiger partial charge < -0.3 is 19.4 Å². The quantitative estimate of drug-likeness (QED) is 0.839. The van der Waals surface area contributed by atoms with Crippen LogP contribution in [0.25, 0.3) is 0 Å². The SMILES string of the molecule is CN(CC(=O)N1CCN(c2ccc(F)cc2)CC1)C(=O)OC(C)(C)C. The van der Waals surface area contributed by atoms with E-state index in [1.807, 2.05) is 0 Å². The number of piperazine rings is 1. The predicted molar refractivity (Wildman–Crippen MR) is 94.1 cm³/mol. The first-order chi connectivity index (χ1) is 11.7. The molecular weight excluding hydrogens is 325 g/mol. The second kappa shape index (κ2) is 7.72. The zero-order chi connectivity index (χ0) is 18.6. The minimum Gasteiger partial charge on any atom is -0.444 e. The van der Waals surface area contributed by atoms with E-state index in [1.54, 1.807) is 44.9 Å². The summed E-state index contributed by atoms with van der Waals surface area (Å²) in [4.78, 5) is 29.5. The number of halogens is 1. The largest absolute Gasteiger partial charge is 0.444 e. The third-order valence-corrected chi connectivity index (χ3v) is 3.90. The topological polar surface area (TPSA) is 53.1 Å². The molecule has 0 aliphatic carbocycles. The van der Waals surface area contributed by atoms with Crippen LogP contribution in [0, 0.1) is 5.82 Å². The second-order valence-electron chi connectivity index (χ2n) is 7.18. The van der Waals surface area contributed by atoms with Crippen molar-refractivity contribution in [2.45, 2.75) is 26.4 Å². The monoisotopic (exact) mass is 351 g/mol. The molecule has 0 bridgehead atoms. The number of rotatable bonds is 3. The fraction of sp³-hybridized carbons (Fsp3) is 0.556. The van der Waals surface area contributed by atoms with E-state index in [0.717, 1.165) is 5.69 Å². The van der Waals surface area contributed by atoms with Crippen molar-refractivity contribution in [3.8, 4) is 0 Å². The van der Waals surface area contributed by atoms with Crippen LogP contribution in [-0.2, 0) is 9.53 Å². The lowest BCUT2D eigenvalue weighted by Crippen LogP contribution is -2.51. The van der Waals surface area contributed by atoms with E-state index in [2.05, 4.69) is 4.90 Å². The van der Waals surface area contributed by atoms with Gasteiger partial charge in [-0.15, -0.1) is 0 Å². The maximum absolute atomic E-state index is 13.0. The van der Waals surface area contributed by atoms with Crippen molar-refractivity contribution >= 4 is 17.7 Å². The average Bonchev–Trinajstić information content (AvgIpc) is 2.54. The van der Waals surface area contributed by atoms with Gasteiger partial charge in [-0.3, -0.25) is 4.79 Å². The van der Waals surface area contributed by atoms with E-state index in [0.29, 0.717) is 26.2 Å². The van der Waals surface area contributed by atoms with Crippen LogP contribution in [0.15, 0.2) is 24.3 Å². The van der Waals surface area contributed by atoms with E-state index in [9.17, 15) is 14.0 Å². The van der Waals surface area contributed by atoms with Gasteiger partial charge in [-0.1, -0.05) is 0 Å². The third kappa shape index (κ3) is 5.62. The van der Waals surface area contributed by atoms with Crippen molar-refractivity contribution < 1.29 is 18.7 Å². The Bertz CT molecular complexity index is 605. The van der Waals surface area contributed by atoms with Gasteiger partial charge in [0.1, 0.15) is 18.0 Å². The molecule has 1 aromatic carbocycles. The van der Waals surface area contributed by atoms with Crippen LogP contribution in [-0.4, -0.2) is 67.2 Å². The fourth-order valence-electron chi connectivity index (χ4n) is 2.57. The molecule has 1 aliphatic heterocycles. The number of nitrogens with zero attached hydrogens (tertiary/aromatic N) is 3. The molecule has 1 heterocycles. The van der Waals surface area contributed by atoms with Crippen molar-refractivity contribution in [1.82, 2.24) is 9.80 Å². The molecule has 6 nitrogen and oxygen atoms in total. The van der Waals surface area contributed by atoms with Crippen LogP contribution in [0.2, 0.25) is 0 Å². The molecule has 0 aromatic heterocycles. The highest BCUT2D eigenvalue weighted by molar-refractivity contribution is 5.82. The number of ether oxygens (including phenoxy) is 1. The Morgan fingerprint density at radius 2 is 1.68 bits per heavy atom. The Balaban J connectivity index is 1.82. The standard InChI is InChI=1S/C18H26FN3O3/c1-18(2,3)25-17(24)20(4)13-16(23)22-11-9-21(10-12-22)15-7-5-14(19)6-8-15/h5-8H,9-13H2,1-4H3. The van der Waals surface area contributed by atoms with Crippen molar-refractivity contribution in [1.29, 1.82) is 0 Å². The molecule has 2 rings (SSSR count). The highest BCUT2D eigenvalue weighted by Gasteiger charge is 2.25. The van der Waals surface area contributed by atoms with Gasteiger partial charge in [-0.05, 0) is 45.0 Å². The van der Waals surface area contributed by atoms with E-state index < -0.39 is 11.7 Å². The first-order valence-corrected chi connectivity index (χ1v) is 8.38. The van der Waals surface area contributed by atoms with Crippen LogP contribution in [0.5, 0.6) is 0 Å². The highest BCUT2D eigenvalue weighted by Crippen LogP contribution is 2.17. The summed E-state index contributed by atoms with van der Waals surface area (Å²) < 4.78 is 18.2. The Morgan fingerprint density at radius 3 is 2.20 bits per heavy atom. The first-order valence-electron chi connectivity index (χ1n) is 8.38. The molecule has 0 saturated carbocycles. The smallest absolute Gasteiger partial charge is 0.410 e. The molecule has 1 aliphatic rings. The minimum absolute atomic E-state index is 0.00847. The summed E-state index contributed by atoms with van der Waals surface area (Å²) in [5.41, 5.74) is 0.356. The lowest BCUT2D eigenvalue weighted by Gasteiger charge is -2.36. The predicted octanol–water partition coefficient (Wildman–Crippen LogP) is 2.34. The molecule has 25 heavy (non-hydrogen) atoms. The molecule has 138 valence electrons. The zero-order valence-corrected chi connectivity index (χ0v) is 15.3. The number of carbonyl (C=O) groups excluding carboxylic acids is 2. The molecule has 7 heteroatoms. The Morgan fingerprint density at radius 1 is 1.12 bits per heavy atom. The molecule has 1 aromatic rings. The van der Waals surface area contributed by atoms with E-state index in [4.69, 9.17) is 4.74 Å². The van der Waals surface area contributed by atoms with Crippen molar-refractivity contribution in [3.63, 3.8) is 0 Å². The fourth-order valence-corrected chi connectivity index (χ4v) is 2.57. The number of benzene rings is 1. The number of likely N-dealkylation sites (N-methyl/N-ethyl adjacent to an activating group) is 1. The van der Waals surface area contributed by atoms with Gasteiger partial charge in [-0.2, -0.15) is 0 Å². The van der Waals surface area contributed by atoms with Gasteiger partial charge in [0.15, 0.2) is 0 Å². The third-order valence-electron chi connectivity index (χ3n) is 3.90. The average molecular weight is 351 g/mol. The molecule has 2 amide bonds. The van der Waals surface area contributed by atoms with Crippen LogP contribution in [0.4, 0.5) is 14.9 Å². The molecular formula is C18H26FN3O3. The van der Waals surface area contributed by atoms with Crippen LogP contribution in [0.3, 0.4) is 0 Å². The summed E-state index contributed by atoms with van der Waals surface area (Å²) in [7, 11) is 1.56. The lowest BCUT2D eigenvalue weighted by molar-refractivity contribution is -0.132. The Hall–Kier alpha value is -2.31. The van der Waals surface area contributed by atoms with Crippen LogP contribution in [0.1, 0.15) is 20.8 Å². The molecule has 0 spiro atoms. The van der Waals surface area contributed by atoms with Crippen LogP contribution >= 0.6 is 0 Å². The van der Waals surface area contributed by atoms with Gasteiger partial charge in [0, 0.05) is 38.9 Å². The number of carbonyl (C=O) groups is 2. The summed E-state index contributed by atoms with van der Waals surface area (Å²) in [6, 6.07) is 6.34. The normalized spacial score (nSPS) is 15.1. The Kier molecular flexibility index (Phi) is 5.87. The molecule has 0 N–H and O–H groups in total. The van der Waals surface area contributed by atoms with Gasteiger partial charge in [0.2, 0.25) is 5.91 Å². The first kappa shape index (κ1) is 19.0. The maximum atomic E-state index is 13.0. The molecule has 1 saturated heterocycles. The summed E-state index contributed by atoms with van der Waals surface area (Å²) in [6.45, 7) is 7.84. The molecule has 0 atom stereocenters. The van der Waals surface area contributed by atoms with Gasteiger partial charge in [0.25, 0.3) is 0 Å². The zero-order valence-electron chi connectivity index (χ0n) is 15.3. The number of anilines is 1.